The number of nitrogens with one attached hydrogen (secondary N) is 1. The van der Waals surface area contributed by atoms with Gasteiger partial charge < -0.3 is 24.6 Å². The van der Waals surface area contributed by atoms with E-state index in [1.807, 2.05) is 0 Å². The molecule has 90 valence electrons. The summed E-state index contributed by atoms with van der Waals surface area (Å²) in [7, 11) is 3.05. The van der Waals surface area contributed by atoms with Crippen molar-refractivity contribution >= 4 is 5.91 Å². The zero-order valence-corrected chi connectivity index (χ0v) is 9.19. The van der Waals surface area contributed by atoms with Crippen molar-refractivity contribution in [3.8, 4) is 0 Å². The van der Waals surface area contributed by atoms with Gasteiger partial charge in [-0.05, 0) is 0 Å². The first kappa shape index (κ1) is 14.3. The standard InChI is InChI=1S/C9H19NO5/c1-13-3-4-15-7-9(12)10-5-8(11)6-14-2/h8,11H,3-7H2,1-2H3,(H,10,12). The summed E-state index contributed by atoms with van der Waals surface area (Å²) in [4.78, 5) is 11.1. The van der Waals surface area contributed by atoms with Gasteiger partial charge in [-0.15, -0.1) is 0 Å². The number of carbonyl (C=O) groups is 1. The van der Waals surface area contributed by atoms with Gasteiger partial charge in [0, 0.05) is 20.8 Å². The summed E-state index contributed by atoms with van der Waals surface area (Å²) in [5.74, 6) is -0.263. The molecule has 2 N–H and O–H groups in total. The molecule has 0 aromatic rings. The van der Waals surface area contributed by atoms with Crippen LogP contribution >= 0.6 is 0 Å². The van der Waals surface area contributed by atoms with Gasteiger partial charge in [-0.25, -0.2) is 0 Å². The van der Waals surface area contributed by atoms with E-state index in [4.69, 9.17) is 14.2 Å². The largest absolute Gasteiger partial charge is 0.389 e. The molecule has 1 unspecified atom stereocenters. The van der Waals surface area contributed by atoms with Gasteiger partial charge in [-0.2, -0.15) is 0 Å². The first-order valence-corrected chi connectivity index (χ1v) is 4.71. The molecule has 6 heteroatoms. The molecule has 0 aliphatic carbocycles. The lowest BCUT2D eigenvalue weighted by molar-refractivity contribution is -0.126. The molecule has 0 aromatic heterocycles. The first-order chi connectivity index (χ1) is 7.20. The Kier molecular flexibility index (Phi) is 9.40. The summed E-state index contributed by atoms with van der Waals surface area (Å²) in [6, 6.07) is 0. The van der Waals surface area contributed by atoms with Crippen LogP contribution in [0.5, 0.6) is 0 Å². The van der Waals surface area contributed by atoms with Crippen LogP contribution in [0.25, 0.3) is 0 Å². The summed E-state index contributed by atoms with van der Waals surface area (Å²) >= 11 is 0. The topological polar surface area (TPSA) is 77.0 Å². The van der Waals surface area contributed by atoms with Crippen LogP contribution in [-0.4, -0.2) is 64.3 Å². The average molecular weight is 221 g/mol. The lowest BCUT2D eigenvalue weighted by atomic mass is 10.4. The first-order valence-electron chi connectivity index (χ1n) is 4.71. The summed E-state index contributed by atoms with van der Waals surface area (Å²) in [6.07, 6.45) is -0.682. The van der Waals surface area contributed by atoms with Crippen LogP contribution in [0.2, 0.25) is 0 Å². The molecule has 0 aromatic carbocycles. The lowest BCUT2D eigenvalue weighted by Crippen LogP contribution is -2.36. The molecule has 0 bridgehead atoms. The van der Waals surface area contributed by atoms with Crippen molar-refractivity contribution in [2.75, 3.05) is 47.2 Å². The Morgan fingerprint density at radius 1 is 1.33 bits per heavy atom. The molecular formula is C9H19NO5. The number of ether oxygens (including phenoxy) is 3. The van der Waals surface area contributed by atoms with Gasteiger partial charge in [-0.3, -0.25) is 4.79 Å². The zero-order chi connectivity index (χ0) is 11.5. The Morgan fingerprint density at radius 3 is 2.67 bits per heavy atom. The number of carbonyl (C=O) groups excluding carboxylic acids is 1. The molecule has 0 aliphatic heterocycles. The van der Waals surface area contributed by atoms with Crippen LogP contribution in [0.4, 0.5) is 0 Å². The van der Waals surface area contributed by atoms with Crippen molar-refractivity contribution in [2.24, 2.45) is 0 Å². The van der Waals surface area contributed by atoms with Crippen molar-refractivity contribution in [3.63, 3.8) is 0 Å². The average Bonchev–Trinajstić information content (AvgIpc) is 2.22. The minimum Gasteiger partial charge on any atom is -0.389 e. The van der Waals surface area contributed by atoms with Crippen LogP contribution in [0.1, 0.15) is 0 Å². The molecule has 1 atom stereocenters. The predicted octanol–water partition coefficient (Wildman–Crippen LogP) is -1.23. The highest BCUT2D eigenvalue weighted by molar-refractivity contribution is 5.77. The molecule has 1 amide bonds. The third kappa shape index (κ3) is 9.61. The monoisotopic (exact) mass is 221 g/mol. The van der Waals surface area contributed by atoms with Crippen LogP contribution in [-0.2, 0) is 19.0 Å². The fourth-order valence-corrected chi connectivity index (χ4v) is 0.841. The van der Waals surface area contributed by atoms with Crippen molar-refractivity contribution in [3.05, 3.63) is 0 Å². The van der Waals surface area contributed by atoms with E-state index in [-0.39, 0.29) is 25.7 Å². The molecule has 0 aliphatic rings. The zero-order valence-electron chi connectivity index (χ0n) is 9.19. The maximum atomic E-state index is 11.1. The van der Waals surface area contributed by atoms with Gasteiger partial charge in [-0.1, -0.05) is 0 Å². The Morgan fingerprint density at radius 2 is 2.07 bits per heavy atom. The van der Waals surface area contributed by atoms with Crippen LogP contribution < -0.4 is 5.32 Å². The smallest absolute Gasteiger partial charge is 0.246 e. The van der Waals surface area contributed by atoms with Crippen molar-refractivity contribution in [1.82, 2.24) is 5.32 Å². The molecule has 0 saturated heterocycles. The molecular weight excluding hydrogens is 202 g/mol. The number of rotatable bonds is 9. The summed E-state index contributed by atoms with van der Waals surface area (Å²) in [5.41, 5.74) is 0. The molecule has 0 rings (SSSR count). The summed E-state index contributed by atoms with van der Waals surface area (Å²) in [6.45, 7) is 1.18. The van der Waals surface area contributed by atoms with E-state index >= 15 is 0 Å². The normalized spacial score (nSPS) is 12.5. The summed E-state index contributed by atoms with van der Waals surface area (Å²) in [5, 5.41) is 11.7. The van der Waals surface area contributed by atoms with E-state index in [0.29, 0.717) is 13.2 Å². The molecule has 0 saturated carbocycles. The van der Waals surface area contributed by atoms with E-state index in [1.165, 1.54) is 7.11 Å². The quantitative estimate of drug-likeness (QED) is 0.477. The van der Waals surface area contributed by atoms with E-state index < -0.39 is 6.10 Å². The fraction of sp³-hybridized carbons (Fsp3) is 0.889. The minimum absolute atomic E-state index is 0.0247. The highest BCUT2D eigenvalue weighted by Crippen LogP contribution is 1.82. The van der Waals surface area contributed by atoms with E-state index in [2.05, 4.69) is 5.32 Å². The summed E-state index contributed by atoms with van der Waals surface area (Å²) < 4.78 is 14.4. The maximum absolute atomic E-state index is 11.1. The van der Waals surface area contributed by atoms with Crippen LogP contribution in [0.15, 0.2) is 0 Å². The number of hydrogen-bond donors (Lipinski definition) is 2. The number of hydrogen-bond acceptors (Lipinski definition) is 5. The maximum Gasteiger partial charge on any atom is 0.246 e. The highest BCUT2D eigenvalue weighted by Gasteiger charge is 2.06. The Bertz CT molecular complexity index is 165. The number of aliphatic hydroxyl groups is 1. The lowest BCUT2D eigenvalue weighted by Gasteiger charge is -2.10. The van der Waals surface area contributed by atoms with Gasteiger partial charge >= 0.3 is 0 Å². The molecule has 0 spiro atoms. The van der Waals surface area contributed by atoms with Crippen molar-refractivity contribution in [2.45, 2.75) is 6.10 Å². The molecule has 0 heterocycles. The molecule has 0 radical (unpaired) electrons. The minimum atomic E-state index is -0.682. The Hall–Kier alpha value is -0.690. The predicted molar refractivity (Wildman–Crippen MR) is 53.6 cm³/mol. The van der Waals surface area contributed by atoms with Crippen LogP contribution in [0.3, 0.4) is 0 Å². The SMILES string of the molecule is COCCOCC(=O)NCC(O)COC. The van der Waals surface area contributed by atoms with Gasteiger partial charge in [0.15, 0.2) is 0 Å². The van der Waals surface area contributed by atoms with Gasteiger partial charge in [0.2, 0.25) is 5.91 Å². The van der Waals surface area contributed by atoms with Crippen LogP contribution in [0, 0.1) is 0 Å². The van der Waals surface area contributed by atoms with Gasteiger partial charge in [0.05, 0.1) is 25.9 Å². The van der Waals surface area contributed by atoms with Crippen molar-refractivity contribution < 1.29 is 24.1 Å². The third-order valence-corrected chi connectivity index (χ3v) is 1.56. The Labute approximate surface area is 89.5 Å². The molecule has 6 nitrogen and oxygen atoms in total. The van der Waals surface area contributed by atoms with Crippen molar-refractivity contribution in [1.29, 1.82) is 0 Å². The highest BCUT2D eigenvalue weighted by atomic mass is 16.5. The second-order valence-electron chi connectivity index (χ2n) is 2.96. The van der Waals surface area contributed by atoms with Gasteiger partial charge in [0.25, 0.3) is 0 Å². The second-order valence-corrected chi connectivity index (χ2v) is 2.96. The third-order valence-electron chi connectivity index (χ3n) is 1.56. The molecule has 15 heavy (non-hydrogen) atoms. The van der Waals surface area contributed by atoms with E-state index in [0.717, 1.165) is 0 Å². The number of methoxy groups -OCH3 is 2. The Balaban J connectivity index is 3.32. The fourth-order valence-electron chi connectivity index (χ4n) is 0.841. The number of aliphatic hydroxyl groups excluding tert-OH is 1. The van der Waals surface area contributed by atoms with E-state index in [9.17, 15) is 9.90 Å². The van der Waals surface area contributed by atoms with Gasteiger partial charge in [0.1, 0.15) is 6.61 Å². The second kappa shape index (κ2) is 9.85. The molecule has 0 fully saturated rings. The van der Waals surface area contributed by atoms with E-state index in [1.54, 1.807) is 7.11 Å². The number of amides is 1.